The Kier molecular flexibility index (Phi) is 4.83. The highest BCUT2D eigenvalue weighted by atomic mass is 16.5. The molecule has 3 heterocycles. The van der Waals surface area contributed by atoms with Crippen molar-refractivity contribution in [2.75, 3.05) is 32.8 Å². The van der Waals surface area contributed by atoms with Gasteiger partial charge in [-0.05, 0) is 32.1 Å². The van der Waals surface area contributed by atoms with Crippen LogP contribution in [0.15, 0.2) is 6.07 Å². The Balaban J connectivity index is 1.59. The smallest absolute Gasteiger partial charge is 0.274 e. The molecule has 7 heteroatoms. The van der Waals surface area contributed by atoms with Gasteiger partial charge in [0.05, 0.1) is 0 Å². The minimum Gasteiger partial charge on any atom is -0.468 e. The van der Waals surface area contributed by atoms with Crippen LogP contribution in [0.4, 0.5) is 0 Å². The van der Waals surface area contributed by atoms with E-state index in [0.717, 1.165) is 51.9 Å². The molecular weight excluding hydrogens is 296 g/mol. The van der Waals surface area contributed by atoms with Gasteiger partial charge in [-0.2, -0.15) is 5.10 Å². The van der Waals surface area contributed by atoms with Gasteiger partial charge in [0.15, 0.2) is 12.3 Å². The molecule has 1 aromatic heterocycles. The summed E-state index contributed by atoms with van der Waals surface area (Å²) in [5.41, 5.74) is 0.387. The number of likely N-dealkylation sites (tertiary alicyclic amines) is 2. The summed E-state index contributed by atoms with van der Waals surface area (Å²) in [5, 5.41) is 4.24. The van der Waals surface area contributed by atoms with Gasteiger partial charge in [0.1, 0.15) is 0 Å². The Morgan fingerprint density at radius 3 is 2.35 bits per heavy atom. The van der Waals surface area contributed by atoms with Crippen LogP contribution in [0.5, 0.6) is 5.88 Å². The largest absolute Gasteiger partial charge is 0.468 e. The molecule has 0 bridgehead atoms. The molecule has 3 rings (SSSR count). The highest BCUT2D eigenvalue weighted by Gasteiger charge is 2.23. The first kappa shape index (κ1) is 15.8. The zero-order chi connectivity index (χ0) is 16.2. The summed E-state index contributed by atoms with van der Waals surface area (Å²) in [5.74, 6) is 0.395. The van der Waals surface area contributed by atoms with Crippen molar-refractivity contribution in [3.8, 4) is 5.88 Å². The summed E-state index contributed by atoms with van der Waals surface area (Å²) in [4.78, 5) is 28.1. The van der Waals surface area contributed by atoms with Crippen LogP contribution in [-0.4, -0.2) is 64.2 Å². The van der Waals surface area contributed by atoms with E-state index in [0.29, 0.717) is 11.6 Å². The molecule has 2 amide bonds. The first-order chi connectivity index (χ1) is 11.1. The molecule has 23 heavy (non-hydrogen) atoms. The molecule has 2 saturated heterocycles. The minimum atomic E-state index is -0.0546. The van der Waals surface area contributed by atoms with Crippen molar-refractivity contribution in [2.45, 2.75) is 32.1 Å². The van der Waals surface area contributed by atoms with Crippen LogP contribution < -0.4 is 4.74 Å². The highest BCUT2D eigenvalue weighted by Crippen LogP contribution is 2.17. The van der Waals surface area contributed by atoms with E-state index in [-0.39, 0.29) is 18.4 Å². The van der Waals surface area contributed by atoms with Gasteiger partial charge in [-0.1, -0.05) is 0 Å². The summed E-state index contributed by atoms with van der Waals surface area (Å²) in [6.45, 7) is 3.20. The number of aromatic nitrogens is 2. The third kappa shape index (κ3) is 3.65. The number of amides is 2. The van der Waals surface area contributed by atoms with Crippen LogP contribution in [0.25, 0.3) is 0 Å². The lowest BCUT2D eigenvalue weighted by Gasteiger charge is -2.25. The second kappa shape index (κ2) is 7.02. The molecule has 0 N–H and O–H groups in total. The van der Waals surface area contributed by atoms with Crippen molar-refractivity contribution >= 4 is 11.8 Å². The average molecular weight is 320 g/mol. The van der Waals surface area contributed by atoms with Gasteiger partial charge in [0.2, 0.25) is 5.88 Å². The number of carbonyl (C=O) groups excluding carboxylic acids is 2. The van der Waals surface area contributed by atoms with Crippen molar-refractivity contribution in [1.29, 1.82) is 0 Å². The van der Waals surface area contributed by atoms with E-state index < -0.39 is 0 Å². The number of piperidine rings is 1. The summed E-state index contributed by atoms with van der Waals surface area (Å²) in [7, 11) is 1.72. The normalized spacial score (nSPS) is 18.3. The number of ether oxygens (including phenoxy) is 1. The number of hydrogen-bond donors (Lipinski definition) is 0. The van der Waals surface area contributed by atoms with Crippen LogP contribution in [0.3, 0.4) is 0 Å². The maximum atomic E-state index is 12.4. The van der Waals surface area contributed by atoms with E-state index in [2.05, 4.69) is 5.10 Å². The lowest BCUT2D eigenvalue weighted by atomic mass is 10.1. The lowest BCUT2D eigenvalue weighted by molar-refractivity contribution is -0.132. The molecular formula is C16H24N4O3. The molecule has 2 aliphatic heterocycles. The van der Waals surface area contributed by atoms with Gasteiger partial charge in [0.25, 0.3) is 11.8 Å². The Morgan fingerprint density at radius 1 is 1.04 bits per heavy atom. The second-order valence-corrected chi connectivity index (χ2v) is 6.22. The van der Waals surface area contributed by atoms with Gasteiger partial charge >= 0.3 is 0 Å². The molecule has 126 valence electrons. The van der Waals surface area contributed by atoms with Gasteiger partial charge in [0, 0.05) is 39.3 Å². The molecule has 0 unspecified atom stereocenters. The topological polar surface area (TPSA) is 67.7 Å². The predicted octanol–water partition coefficient (Wildman–Crippen LogP) is 1.05. The van der Waals surface area contributed by atoms with E-state index in [1.807, 2.05) is 9.80 Å². The van der Waals surface area contributed by atoms with Crippen LogP contribution in [0, 0.1) is 0 Å². The highest BCUT2D eigenvalue weighted by molar-refractivity contribution is 5.92. The number of aryl methyl sites for hydroxylation is 1. The van der Waals surface area contributed by atoms with Crippen molar-refractivity contribution < 1.29 is 14.3 Å². The molecule has 0 atom stereocenters. The predicted molar refractivity (Wildman–Crippen MR) is 84.3 cm³/mol. The molecule has 0 aliphatic carbocycles. The fourth-order valence-electron chi connectivity index (χ4n) is 3.14. The van der Waals surface area contributed by atoms with E-state index in [1.54, 1.807) is 13.1 Å². The fraction of sp³-hybridized carbons (Fsp3) is 0.688. The quantitative estimate of drug-likeness (QED) is 0.831. The molecule has 0 radical (unpaired) electrons. The Labute approximate surface area is 136 Å². The van der Waals surface area contributed by atoms with Gasteiger partial charge in [-0.15, -0.1) is 0 Å². The van der Waals surface area contributed by atoms with Crippen molar-refractivity contribution in [1.82, 2.24) is 19.6 Å². The van der Waals surface area contributed by atoms with Crippen LogP contribution in [0.1, 0.15) is 42.6 Å². The molecule has 0 aromatic carbocycles. The number of nitrogens with zero attached hydrogens (tertiary/aromatic N) is 4. The van der Waals surface area contributed by atoms with E-state index in [1.165, 1.54) is 11.1 Å². The molecule has 1 aromatic rings. The Morgan fingerprint density at radius 2 is 1.65 bits per heavy atom. The Bertz CT molecular complexity index is 572. The summed E-state index contributed by atoms with van der Waals surface area (Å²) in [6, 6.07) is 1.63. The van der Waals surface area contributed by atoms with Crippen LogP contribution >= 0.6 is 0 Å². The van der Waals surface area contributed by atoms with Crippen LogP contribution in [0.2, 0.25) is 0 Å². The molecule has 0 saturated carbocycles. The first-order valence-corrected chi connectivity index (χ1v) is 8.39. The minimum absolute atomic E-state index is 0.00310. The molecule has 2 fully saturated rings. The van der Waals surface area contributed by atoms with E-state index >= 15 is 0 Å². The van der Waals surface area contributed by atoms with Crippen molar-refractivity contribution in [3.05, 3.63) is 11.8 Å². The van der Waals surface area contributed by atoms with Gasteiger partial charge in [-0.3, -0.25) is 9.59 Å². The first-order valence-electron chi connectivity index (χ1n) is 8.39. The standard InChI is InChI=1S/C16H24N4O3/c1-18-15(23-12-14(21)19-7-5-6-8-19)11-13(17-18)16(22)20-9-3-2-4-10-20/h11H,2-10,12H2,1H3. The molecule has 2 aliphatic rings. The van der Waals surface area contributed by atoms with Crippen molar-refractivity contribution in [2.24, 2.45) is 7.05 Å². The van der Waals surface area contributed by atoms with E-state index in [9.17, 15) is 9.59 Å². The number of rotatable bonds is 4. The van der Waals surface area contributed by atoms with E-state index in [4.69, 9.17) is 4.74 Å². The SMILES string of the molecule is Cn1nc(C(=O)N2CCCCC2)cc1OCC(=O)N1CCCC1. The zero-order valence-electron chi connectivity index (χ0n) is 13.7. The monoisotopic (exact) mass is 320 g/mol. The second-order valence-electron chi connectivity index (χ2n) is 6.22. The van der Waals surface area contributed by atoms with Crippen molar-refractivity contribution in [3.63, 3.8) is 0 Å². The van der Waals surface area contributed by atoms with Crippen LogP contribution in [-0.2, 0) is 11.8 Å². The molecule has 7 nitrogen and oxygen atoms in total. The third-order valence-corrected chi connectivity index (χ3v) is 4.50. The fourth-order valence-corrected chi connectivity index (χ4v) is 3.14. The van der Waals surface area contributed by atoms with Gasteiger partial charge in [-0.25, -0.2) is 4.68 Å². The molecule has 0 spiro atoms. The summed E-state index contributed by atoms with van der Waals surface area (Å²) >= 11 is 0. The Hall–Kier alpha value is -2.05. The zero-order valence-corrected chi connectivity index (χ0v) is 13.7. The summed E-state index contributed by atoms with van der Waals surface area (Å²) in [6.07, 6.45) is 5.40. The maximum absolute atomic E-state index is 12.4. The maximum Gasteiger partial charge on any atom is 0.274 e. The average Bonchev–Trinajstić information content (AvgIpc) is 3.23. The number of hydrogen-bond acceptors (Lipinski definition) is 4. The van der Waals surface area contributed by atoms with Gasteiger partial charge < -0.3 is 14.5 Å². The number of carbonyl (C=O) groups is 2. The summed E-state index contributed by atoms with van der Waals surface area (Å²) < 4.78 is 7.09. The third-order valence-electron chi connectivity index (χ3n) is 4.50. The lowest BCUT2D eigenvalue weighted by Crippen LogP contribution is -2.35.